The van der Waals surface area contributed by atoms with Crippen LogP contribution in [0.1, 0.15) is 44.2 Å². The van der Waals surface area contributed by atoms with Crippen LogP contribution in [0.4, 0.5) is 10.5 Å². The molecule has 1 atom stereocenters. The highest BCUT2D eigenvalue weighted by Crippen LogP contribution is 2.45. The number of allylic oxidation sites excluding steroid dienone is 2. The molecule has 0 saturated carbocycles. The van der Waals surface area contributed by atoms with E-state index in [9.17, 15) is 4.79 Å². The fraction of sp³-hybridized carbons (Fsp3) is 0.364. The number of hydrogen-bond acceptors (Lipinski definition) is 3. The molecule has 142 valence electrons. The molecule has 1 aliphatic rings. The maximum absolute atomic E-state index is 12.6. The molecular formula is C22H27N3O2. The smallest absolute Gasteiger partial charge is 0.322 e. The van der Waals surface area contributed by atoms with E-state index in [0.29, 0.717) is 0 Å². The van der Waals surface area contributed by atoms with Gasteiger partial charge < -0.3 is 14.7 Å². The van der Waals surface area contributed by atoms with Gasteiger partial charge >= 0.3 is 6.03 Å². The van der Waals surface area contributed by atoms with Crippen molar-refractivity contribution in [3.05, 3.63) is 59.0 Å². The van der Waals surface area contributed by atoms with Crippen LogP contribution in [-0.4, -0.2) is 23.1 Å². The number of likely N-dealkylation sites (N-methyl/N-ethyl adjacent to an activating group) is 1. The first-order chi connectivity index (χ1) is 12.8. The Hall–Kier alpha value is -2.82. The minimum absolute atomic E-state index is 0.110. The van der Waals surface area contributed by atoms with E-state index in [0.717, 1.165) is 45.8 Å². The van der Waals surface area contributed by atoms with E-state index in [1.54, 1.807) is 4.90 Å². The number of rotatable bonds is 4. The SMILES string of the molecule is C/C=C\C(=C/CC)C1(C)c2cc(-c3c(C)noc3C)ccc2NC(=O)N1C. The third-order valence-corrected chi connectivity index (χ3v) is 5.42. The summed E-state index contributed by atoms with van der Waals surface area (Å²) >= 11 is 0. The van der Waals surface area contributed by atoms with Crippen molar-refractivity contribution >= 4 is 11.7 Å². The molecular weight excluding hydrogens is 338 g/mol. The van der Waals surface area contributed by atoms with Crippen molar-refractivity contribution < 1.29 is 9.32 Å². The average molecular weight is 365 g/mol. The predicted molar refractivity (Wildman–Crippen MR) is 109 cm³/mol. The molecule has 1 unspecified atom stereocenters. The minimum Gasteiger partial charge on any atom is -0.361 e. The van der Waals surface area contributed by atoms with Crippen LogP contribution < -0.4 is 5.32 Å². The number of hydrogen-bond donors (Lipinski definition) is 1. The monoisotopic (exact) mass is 365 g/mol. The number of nitrogens with zero attached hydrogens (tertiary/aromatic N) is 2. The molecule has 2 amide bonds. The van der Waals surface area contributed by atoms with Crippen molar-refractivity contribution in [2.24, 2.45) is 0 Å². The van der Waals surface area contributed by atoms with Gasteiger partial charge in [-0.3, -0.25) is 0 Å². The van der Waals surface area contributed by atoms with Gasteiger partial charge in [0.15, 0.2) is 0 Å². The highest BCUT2D eigenvalue weighted by Gasteiger charge is 2.42. The first-order valence-electron chi connectivity index (χ1n) is 9.30. The highest BCUT2D eigenvalue weighted by molar-refractivity contribution is 5.95. The first kappa shape index (κ1) is 19.0. The van der Waals surface area contributed by atoms with E-state index in [-0.39, 0.29) is 6.03 Å². The van der Waals surface area contributed by atoms with Gasteiger partial charge in [0, 0.05) is 23.9 Å². The third-order valence-electron chi connectivity index (χ3n) is 5.42. The Balaban J connectivity index is 2.27. The quantitative estimate of drug-likeness (QED) is 0.721. The van der Waals surface area contributed by atoms with E-state index < -0.39 is 5.54 Å². The zero-order valence-corrected chi connectivity index (χ0v) is 16.9. The van der Waals surface area contributed by atoms with Gasteiger partial charge in [-0.1, -0.05) is 36.4 Å². The molecule has 5 nitrogen and oxygen atoms in total. The van der Waals surface area contributed by atoms with E-state index in [2.05, 4.69) is 42.5 Å². The standard InChI is InChI=1S/C22H27N3O2/c1-7-9-17(10-8-2)22(5)18-13-16(20-14(3)24-27-15(20)4)11-12-19(18)23-21(26)25(22)6/h7,9-13H,8H2,1-6H3,(H,23,26)/b9-7-,17-10+. The summed E-state index contributed by atoms with van der Waals surface area (Å²) in [7, 11) is 1.84. The van der Waals surface area contributed by atoms with Crippen LogP contribution >= 0.6 is 0 Å². The molecule has 1 aromatic carbocycles. The summed E-state index contributed by atoms with van der Waals surface area (Å²) in [6.07, 6.45) is 7.18. The number of aryl methyl sites for hydroxylation is 2. The normalized spacial score (nSPS) is 20.1. The van der Waals surface area contributed by atoms with Gasteiger partial charge in [0.25, 0.3) is 0 Å². The third kappa shape index (κ3) is 2.97. The second kappa shape index (κ2) is 7.06. The summed E-state index contributed by atoms with van der Waals surface area (Å²) in [5.41, 5.74) is 5.32. The fourth-order valence-electron chi connectivity index (χ4n) is 3.87. The molecule has 1 aromatic heterocycles. The highest BCUT2D eigenvalue weighted by atomic mass is 16.5. The molecule has 0 spiro atoms. The molecule has 0 bridgehead atoms. The van der Waals surface area contributed by atoms with Gasteiger partial charge in [-0.05, 0) is 57.4 Å². The van der Waals surface area contributed by atoms with Gasteiger partial charge in [-0.15, -0.1) is 0 Å². The summed E-state index contributed by atoms with van der Waals surface area (Å²) in [4.78, 5) is 14.4. The zero-order valence-electron chi connectivity index (χ0n) is 16.9. The second-order valence-electron chi connectivity index (χ2n) is 7.09. The van der Waals surface area contributed by atoms with Gasteiger partial charge in [0.1, 0.15) is 5.76 Å². The molecule has 2 heterocycles. The number of amides is 2. The Morgan fingerprint density at radius 3 is 2.70 bits per heavy atom. The van der Waals surface area contributed by atoms with Crippen LogP contribution in [0.3, 0.4) is 0 Å². The number of benzene rings is 1. The lowest BCUT2D eigenvalue weighted by molar-refractivity contribution is 0.175. The number of urea groups is 1. The molecule has 5 heteroatoms. The lowest BCUT2D eigenvalue weighted by Gasteiger charge is -2.45. The number of carbonyl (C=O) groups excluding carboxylic acids is 1. The van der Waals surface area contributed by atoms with Crippen LogP contribution in [0, 0.1) is 13.8 Å². The average Bonchev–Trinajstić information content (AvgIpc) is 2.98. The Bertz CT molecular complexity index is 920. The fourth-order valence-corrected chi connectivity index (χ4v) is 3.87. The number of carbonyl (C=O) groups is 1. The molecule has 1 N–H and O–H groups in total. The Kier molecular flexibility index (Phi) is 4.96. The lowest BCUT2D eigenvalue weighted by atomic mass is 9.78. The van der Waals surface area contributed by atoms with Crippen molar-refractivity contribution in [2.45, 2.75) is 46.6 Å². The van der Waals surface area contributed by atoms with Crippen molar-refractivity contribution in [1.29, 1.82) is 0 Å². The molecule has 27 heavy (non-hydrogen) atoms. The largest absolute Gasteiger partial charge is 0.361 e. The summed E-state index contributed by atoms with van der Waals surface area (Å²) in [6, 6.07) is 6.02. The van der Waals surface area contributed by atoms with E-state index >= 15 is 0 Å². The molecule has 1 aliphatic heterocycles. The summed E-state index contributed by atoms with van der Waals surface area (Å²) < 4.78 is 5.36. The number of anilines is 1. The Morgan fingerprint density at radius 1 is 1.37 bits per heavy atom. The number of aromatic nitrogens is 1. The van der Waals surface area contributed by atoms with Crippen LogP contribution in [0.2, 0.25) is 0 Å². The van der Waals surface area contributed by atoms with Gasteiger partial charge in [-0.25, -0.2) is 4.79 Å². The summed E-state index contributed by atoms with van der Waals surface area (Å²) in [6.45, 7) is 10.1. The van der Waals surface area contributed by atoms with Crippen molar-refractivity contribution in [3.8, 4) is 11.1 Å². The zero-order chi connectivity index (χ0) is 19.8. The van der Waals surface area contributed by atoms with Gasteiger partial charge in [-0.2, -0.15) is 0 Å². The van der Waals surface area contributed by atoms with E-state index in [1.165, 1.54) is 0 Å². The molecule has 0 aliphatic carbocycles. The van der Waals surface area contributed by atoms with Crippen LogP contribution in [0.15, 0.2) is 46.5 Å². The van der Waals surface area contributed by atoms with Gasteiger partial charge in [0.2, 0.25) is 0 Å². The van der Waals surface area contributed by atoms with Crippen molar-refractivity contribution in [1.82, 2.24) is 10.1 Å². The Morgan fingerprint density at radius 2 is 2.11 bits per heavy atom. The maximum atomic E-state index is 12.6. The van der Waals surface area contributed by atoms with Crippen LogP contribution in [0.5, 0.6) is 0 Å². The van der Waals surface area contributed by atoms with Crippen LogP contribution in [0.25, 0.3) is 11.1 Å². The lowest BCUT2D eigenvalue weighted by Crippen LogP contribution is -2.51. The molecule has 0 fully saturated rings. The molecule has 3 rings (SSSR count). The number of fused-ring (bicyclic) bond motifs is 1. The molecule has 0 saturated heterocycles. The summed E-state index contributed by atoms with van der Waals surface area (Å²) in [5, 5.41) is 7.09. The Labute approximate surface area is 160 Å². The van der Waals surface area contributed by atoms with E-state index in [4.69, 9.17) is 4.52 Å². The van der Waals surface area contributed by atoms with Gasteiger partial charge in [0.05, 0.1) is 11.2 Å². The molecule has 0 radical (unpaired) electrons. The first-order valence-corrected chi connectivity index (χ1v) is 9.30. The topological polar surface area (TPSA) is 58.4 Å². The second-order valence-corrected chi connectivity index (χ2v) is 7.09. The van der Waals surface area contributed by atoms with E-state index in [1.807, 2.05) is 46.0 Å². The summed E-state index contributed by atoms with van der Waals surface area (Å²) in [5.74, 6) is 0.792. The van der Waals surface area contributed by atoms with Crippen LogP contribution in [-0.2, 0) is 5.54 Å². The maximum Gasteiger partial charge on any atom is 0.322 e. The number of nitrogens with one attached hydrogen (secondary N) is 1. The minimum atomic E-state index is -0.574. The van der Waals surface area contributed by atoms with Crippen molar-refractivity contribution in [2.75, 3.05) is 12.4 Å². The molecule has 2 aromatic rings. The predicted octanol–water partition coefficient (Wildman–Crippen LogP) is 5.56. The van der Waals surface area contributed by atoms with Crippen molar-refractivity contribution in [3.63, 3.8) is 0 Å².